The van der Waals surface area contributed by atoms with Gasteiger partial charge in [-0.15, -0.1) is 11.3 Å². The summed E-state index contributed by atoms with van der Waals surface area (Å²) in [6.07, 6.45) is 2.92. The van der Waals surface area contributed by atoms with E-state index in [4.69, 9.17) is 0 Å². The Hall–Kier alpha value is -3.78. The number of non-ortho nitro benzene ring substituents is 1. The minimum absolute atomic E-state index is 0.00617. The van der Waals surface area contributed by atoms with E-state index in [0.29, 0.717) is 21.8 Å². The van der Waals surface area contributed by atoms with Gasteiger partial charge in [-0.1, -0.05) is 6.07 Å². The molecule has 146 valence electrons. The van der Waals surface area contributed by atoms with E-state index in [1.54, 1.807) is 42.5 Å². The lowest BCUT2D eigenvalue weighted by Crippen LogP contribution is -2.12. The third-order valence-corrected chi connectivity index (χ3v) is 4.89. The molecular weight excluding hydrogens is 390 g/mol. The number of thiophene rings is 1. The van der Waals surface area contributed by atoms with Crippen molar-refractivity contribution in [3.05, 3.63) is 92.2 Å². The van der Waals surface area contributed by atoms with E-state index in [-0.39, 0.29) is 17.5 Å². The molecule has 1 aromatic heterocycles. The molecular formula is C21H17N3O4S. The molecule has 2 amide bonds. The van der Waals surface area contributed by atoms with Crippen LogP contribution in [0.5, 0.6) is 0 Å². The highest BCUT2D eigenvalue weighted by molar-refractivity contribution is 7.12. The number of nitrogens with one attached hydrogen (secondary N) is 2. The predicted molar refractivity (Wildman–Crippen MR) is 114 cm³/mol. The Kier molecular flexibility index (Phi) is 6.16. The first kappa shape index (κ1) is 20.0. The minimum Gasteiger partial charge on any atom is -0.323 e. The Morgan fingerprint density at radius 1 is 1.07 bits per heavy atom. The van der Waals surface area contributed by atoms with Crippen molar-refractivity contribution in [2.24, 2.45) is 0 Å². The maximum absolute atomic E-state index is 12.2. The van der Waals surface area contributed by atoms with E-state index in [2.05, 4.69) is 10.6 Å². The van der Waals surface area contributed by atoms with Crippen LogP contribution in [0.2, 0.25) is 0 Å². The van der Waals surface area contributed by atoms with Crippen molar-refractivity contribution in [3.8, 4) is 0 Å². The number of amides is 2. The lowest BCUT2D eigenvalue weighted by molar-refractivity contribution is -0.384. The second-order valence-corrected chi connectivity index (χ2v) is 7.08. The third-order valence-electron chi connectivity index (χ3n) is 4.02. The highest BCUT2D eigenvalue weighted by Gasteiger charge is 2.09. The van der Waals surface area contributed by atoms with Crippen LogP contribution in [0.3, 0.4) is 0 Å². The van der Waals surface area contributed by atoms with Gasteiger partial charge < -0.3 is 10.6 Å². The molecule has 3 aromatic rings. The van der Waals surface area contributed by atoms with Crippen molar-refractivity contribution < 1.29 is 14.5 Å². The first-order valence-corrected chi connectivity index (χ1v) is 9.49. The van der Waals surface area contributed by atoms with Gasteiger partial charge >= 0.3 is 0 Å². The SMILES string of the molecule is Cc1cc(NC(=O)C=Cc2ccc([N+](=O)[O-])cc2)ccc1NC(=O)c1cccs1. The topological polar surface area (TPSA) is 101 Å². The summed E-state index contributed by atoms with van der Waals surface area (Å²) in [6.45, 7) is 1.84. The second kappa shape index (κ2) is 8.94. The lowest BCUT2D eigenvalue weighted by atomic mass is 10.1. The van der Waals surface area contributed by atoms with Gasteiger partial charge in [0.1, 0.15) is 0 Å². The van der Waals surface area contributed by atoms with Gasteiger partial charge in [-0.05, 0) is 65.9 Å². The van der Waals surface area contributed by atoms with Crippen molar-refractivity contribution in [2.45, 2.75) is 6.92 Å². The number of hydrogen-bond acceptors (Lipinski definition) is 5. The molecule has 0 bridgehead atoms. The van der Waals surface area contributed by atoms with Gasteiger partial charge in [-0.3, -0.25) is 19.7 Å². The summed E-state index contributed by atoms with van der Waals surface area (Å²) in [4.78, 5) is 35.1. The molecule has 3 rings (SSSR count). The van der Waals surface area contributed by atoms with Gasteiger partial charge in [-0.2, -0.15) is 0 Å². The molecule has 0 spiro atoms. The Morgan fingerprint density at radius 3 is 2.45 bits per heavy atom. The molecule has 0 aliphatic carbocycles. The summed E-state index contributed by atoms with van der Waals surface area (Å²) < 4.78 is 0. The minimum atomic E-state index is -0.477. The molecule has 0 saturated carbocycles. The van der Waals surface area contributed by atoms with Gasteiger partial charge in [0.2, 0.25) is 5.91 Å². The molecule has 0 radical (unpaired) electrons. The average molecular weight is 407 g/mol. The number of anilines is 2. The fraction of sp³-hybridized carbons (Fsp3) is 0.0476. The van der Waals surface area contributed by atoms with E-state index in [1.165, 1.54) is 29.5 Å². The number of aryl methyl sites for hydroxylation is 1. The van der Waals surface area contributed by atoms with Gasteiger partial charge in [0, 0.05) is 29.6 Å². The Labute approximate surface area is 170 Å². The first-order chi connectivity index (χ1) is 13.9. The maximum atomic E-state index is 12.2. The number of rotatable bonds is 6. The van der Waals surface area contributed by atoms with E-state index in [1.807, 2.05) is 18.4 Å². The third kappa shape index (κ3) is 5.36. The molecule has 0 aliphatic rings. The molecule has 7 nitrogen and oxygen atoms in total. The molecule has 0 atom stereocenters. The zero-order chi connectivity index (χ0) is 20.8. The Morgan fingerprint density at radius 2 is 1.83 bits per heavy atom. The normalized spacial score (nSPS) is 10.7. The van der Waals surface area contributed by atoms with E-state index < -0.39 is 4.92 Å². The van der Waals surface area contributed by atoms with Crippen molar-refractivity contribution >= 4 is 46.3 Å². The van der Waals surface area contributed by atoms with Gasteiger partial charge in [0.05, 0.1) is 9.80 Å². The molecule has 0 fully saturated rings. The average Bonchev–Trinajstić information content (AvgIpc) is 3.24. The maximum Gasteiger partial charge on any atom is 0.269 e. The number of carbonyl (C=O) groups is 2. The Bertz CT molecular complexity index is 1070. The van der Waals surface area contributed by atoms with Crippen LogP contribution >= 0.6 is 11.3 Å². The number of benzene rings is 2. The second-order valence-electron chi connectivity index (χ2n) is 6.13. The summed E-state index contributed by atoms with van der Waals surface area (Å²) in [7, 11) is 0. The molecule has 0 saturated heterocycles. The standard InChI is InChI=1S/C21H17N3O4S/c1-14-13-16(7-10-18(14)23-21(26)19-3-2-12-29-19)22-20(25)11-6-15-4-8-17(9-5-15)24(27)28/h2-13H,1H3,(H,22,25)(H,23,26). The van der Waals surface area contributed by atoms with E-state index in [9.17, 15) is 19.7 Å². The largest absolute Gasteiger partial charge is 0.323 e. The fourth-order valence-electron chi connectivity index (χ4n) is 2.54. The smallest absolute Gasteiger partial charge is 0.269 e. The molecule has 0 aliphatic heterocycles. The van der Waals surface area contributed by atoms with Crippen molar-refractivity contribution in [1.29, 1.82) is 0 Å². The number of nitrogens with zero attached hydrogens (tertiary/aromatic N) is 1. The van der Waals surface area contributed by atoms with Crippen molar-refractivity contribution in [2.75, 3.05) is 10.6 Å². The summed E-state index contributed by atoms with van der Waals surface area (Å²) in [5, 5.41) is 18.1. The summed E-state index contributed by atoms with van der Waals surface area (Å²) in [5.41, 5.74) is 2.74. The molecule has 0 unspecified atom stereocenters. The van der Waals surface area contributed by atoms with Crippen molar-refractivity contribution in [1.82, 2.24) is 0 Å². The highest BCUT2D eigenvalue weighted by Crippen LogP contribution is 2.21. The lowest BCUT2D eigenvalue weighted by Gasteiger charge is -2.10. The summed E-state index contributed by atoms with van der Waals surface area (Å²) >= 11 is 1.36. The monoisotopic (exact) mass is 407 g/mol. The van der Waals surface area contributed by atoms with Gasteiger partial charge in [0.15, 0.2) is 0 Å². The Balaban J connectivity index is 1.61. The van der Waals surface area contributed by atoms with Gasteiger partial charge in [-0.25, -0.2) is 0 Å². The highest BCUT2D eigenvalue weighted by atomic mass is 32.1. The van der Waals surface area contributed by atoms with Crippen LogP contribution in [-0.2, 0) is 4.79 Å². The van der Waals surface area contributed by atoms with E-state index >= 15 is 0 Å². The molecule has 1 heterocycles. The fourth-order valence-corrected chi connectivity index (χ4v) is 3.16. The quantitative estimate of drug-likeness (QED) is 0.346. The predicted octanol–water partition coefficient (Wildman–Crippen LogP) is 4.87. The summed E-state index contributed by atoms with van der Waals surface area (Å²) in [6, 6.07) is 14.7. The van der Waals surface area contributed by atoms with Crippen LogP contribution in [0.15, 0.2) is 66.1 Å². The van der Waals surface area contributed by atoms with Crippen LogP contribution < -0.4 is 10.6 Å². The number of nitro groups is 1. The van der Waals surface area contributed by atoms with Crippen LogP contribution in [-0.4, -0.2) is 16.7 Å². The number of hydrogen-bond donors (Lipinski definition) is 2. The number of nitro benzene ring substituents is 1. The van der Waals surface area contributed by atoms with E-state index in [0.717, 1.165) is 5.56 Å². The van der Waals surface area contributed by atoms with Gasteiger partial charge in [0.25, 0.3) is 11.6 Å². The van der Waals surface area contributed by atoms with Crippen LogP contribution in [0.25, 0.3) is 6.08 Å². The molecule has 29 heavy (non-hydrogen) atoms. The van der Waals surface area contributed by atoms with Crippen LogP contribution in [0, 0.1) is 17.0 Å². The first-order valence-electron chi connectivity index (χ1n) is 8.61. The molecule has 2 aromatic carbocycles. The zero-order valence-electron chi connectivity index (χ0n) is 15.4. The summed E-state index contributed by atoms with van der Waals surface area (Å²) in [5.74, 6) is -0.510. The number of carbonyl (C=O) groups excluding carboxylic acids is 2. The van der Waals surface area contributed by atoms with Crippen molar-refractivity contribution in [3.63, 3.8) is 0 Å². The molecule has 2 N–H and O–H groups in total. The van der Waals surface area contributed by atoms with Crippen LogP contribution in [0.4, 0.5) is 17.1 Å². The molecule has 8 heteroatoms. The zero-order valence-corrected chi connectivity index (χ0v) is 16.2. The van der Waals surface area contributed by atoms with Crippen LogP contribution in [0.1, 0.15) is 20.8 Å².